The Morgan fingerprint density at radius 1 is 1.21 bits per heavy atom. The SMILES string of the molecule is CCCN(CC(C)Oc1ccc(OCC(=O)O)c(C)c1)S(=O)(=O)c1cc2cc(Cl)ccc2s1. The monoisotopic (exact) mass is 511 g/mol. The molecule has 0 radical (unpaired) electrons. The minimum Gasteiger partial charge on any atom is -0.489 e. The third-order valence-corrected chi connectivity index (χ3v) is 8.48. The number of carboxylic acids is 1. The number of nitrogens with zero attached hydrogens (tertiary/aromatic N) is 1. The molecular weight excluding hydrogens is 486 g/mol. The van der Waals surface area contributed by atoms with Gasteiger partial charge in [0.15, 0.2) is 6.61 Å². The molecule has 1 N–H and O–H groups in total. The van der Waals surface area contributed by atoms with E-state index >= 15 is 0 Å². The number of fused-ring (bicyclic) bond motifs is 1. The first-order valence-electron chi connectivity index (χ1n) is 10.4. The highest BCUT2D eigenvalue weighted by Crippen LogP contribution is 2.33. The molecule has 0 aliphatic carbocycles. The molecule has 1 unspecified atom stereocenters. The number of carbonyl (C=O) groups is 1. The van der Waals surface area contributed by atoms with E-state index in [2.05, 4.69) is 0 Å². The van der Waals surface area contributed by atoms with Crippen molar-refractivity contribution in [3.63, 3.8) is 0 Å². The number of hydrogen-bond acceptors (Lipinski definition) is 6. The number of halogens is 1. The molecule has 1 heterocycles. The predicted octanol–water partition coefficient (Wildman–Crippen LogP) is 5.19. The summed E-state index contributed by atoms with van der Waals surface area (Å²) in [5.74, 6) is -0.0483. The molecule has 0 aliphatic rings. The van der Waals surface area contributed by atoms with Gasteiger partial charge in [-0.1, -0.05) is 18.5 Å². The van der Waals surface area contributed by atoms with Crippen molar-refractivity contribution >= 4 is 49.0 Å². The zero-order valence-electron chi connectivity index (χ0n) is 18.6. The molecule has 0 bridgehead atoms. The second-order valence-corrected chi connectivity index (χ2v) is 11.3. The molecule has 1 aromatic heterocycles. The van der Waals surface area contributed by atoms with Crippen LogP contribution in [0.15, 0.2) is 46.7 Å². The number of aliphatic carboxylic acids is 1. The molecule has 0 aliphatic heterocycles. The van der Waals surface area contributed by atoms with Crippen LogP contribution in [-0.2, 0) is 14.8 Å². The topological polar surface area (TPSA) is 93.1 Å². The number of hydrogen-bond donors (Lipinski definition) is 1. The second-order valence-electron chi connectivity index (χ2n) is 7.65. The van der Waals surface area contributed by atoms with Crippen molar-refractivity contribution < 1.29 is 27.8 Å². The molecule has 3 aromatic rings. The van der Waals surface area contributed by atoms with Crippen LogP contribution in [0.2, 0.25) is 5.02 Å². The Morgan fingerprint density at radius 3 is 2.64 bits per heavy atom. The van der Waals surface area contributed by atoms with Crippen LogP contribution in [0.5, 0.6) is 11.5 Å². The minimum atomic E-state index is -3.70. The Morgan fingerprint density at radius 2 is 1.97 bits per heavy atom. The lowest BCUT2D eigenvalue weighted by Crippen LogP contribution is -2.38. The number of sulfonamides is 1. The number of carboxylic acid groups (broad SMARTS) is 1. The fourth-order valence-electron chi connectivity index (χ4n) is 3.36. The lowest BCUT2D eigenvalue weighted by atomic mass is 10.2. The summed E-state index contributed by atoms with van der Waals surface area (Å²) in [5, 5.41) is 10.1. The fourth-order valence-corrected chi connectivity index (χ4v) is 6.68. The van der Waals surface area contributed by atoms with E-state index in [-0.39, 0.29) is 10.8 Å². The van der Waals surface area contributed by atoms with Gasteiger partial charge in [0, 0.05) is 16.3 Å². The third kappa shape index (κ3) is 6.38. The highest BCUT2D eigenvalue weighted by atomic mass is 35.5. The van der Waals surface area contributed by atoms with E-state index in [9.17, 15) is 13.2 Å². The lowest BCUT2D eigenvalue weighted by Gasteiger charge is -2.25. The zero-order valence-corrected chi connectivity index (χ0v) is 21.0. The number of aryl methyl sites for hydroxylation is 1. The first-order chi connectivity index (χ1) is 15.6. The van der Waals surface area contributed by atoms with Crippen molar-refractivity contribution in [2.45, 2.75) is 37.5 Å². The van der Waals surface area contributed by atoms with Gasteiger partial charge in [-0.05, 0) is 73.7 Å². The lowest BCUT2D eigenvalue weighted by molar-refractivity contribution is -0.139. The molecule has 0 spiro atoms. The van der Waals surface area contributed by atoms with Crippen molar-refractivity contribution in [3.05, 3.63) is 53.1 Å². The van der Waals surface area contributed by atoms with Crippen LogP contribution in [0.25, 0.3) is 10.1 Å². The Labute approximate surface area is 202 Å². The van der Waals surface area contributed by atoms with E-state index < -0.39 is 28.7 Å². The maximum Gasteiger partial charge on any atom is 0.341 e. The molecule has 0 saturated carbocycles. The van der Waals surface area contributed by atoms with E-state index in [4.69, 9.17) is 26.2 Å². The standard InChI is InChI=1S/C23H26ClNO6S2/c1-4-9-25(33(28,29)23-12-17-11-18(24)5-8-21(17)32-23)13-16(3)31-19-6-7-20(15(2)10-19)30-14-22(26)27/h5-8,10-12,16H,4,9,13-14H2,1-3H3,(H,26,27). The van der Waals surface area contributed by atoms with Gasteiger partial charge in [0.2, 0.25) is 0 Å². The largest absolute Gasteiger partial charge is 0.489 e. The maximum atomic E-state index is 13.4. The van der Waals surface area contributed by atoms with Gasteiger partial charge in [-0.15, -0.1) is 11.3 Å². The molecule has 10 heteroatoms. The van der Waals surface area contributed by atoms with Gasteiger partial charge in [-0.25, -0.2) is 13.2 Å². The first kappa shape index (κ1) is 25.3. The molecule has 2 aromatic carbocycles. The molecular formula is C23H26ClNO6S2. The normalized spacial score (nSPS) is 12.8. The maximum absolute atomic E-state index is 13.4. The van der Waals surface area contributed by atoms with E-state index in [1.165, 1.54) is 15.6 Å². The minimum absolute atomic E-state index is 0.182. The van der Waals surface area contributed by atoms with E-state index in [1.54, 1.807) is 43.3 Å². The van der Waals surface area contributed by atoms with Gasteiger partial charge < -0.3 is 14.6 Å². The van der Waals surface area contributed by atoms with Crippen molar-refractivity contribution in [1.29, 1.82) is 0 Å². The summed E-state index contributed by atoms with van der Waals surface area (Å²) in [6.07, 6.45) is 0.248. The molecule has 0 amide bonds. The average Bonchev–Trinajstić information content (AvgIpc) is 3.16. The summed E-state index contributed by atoms with van der Waals surface area (Å²) in [7, 11) is -3.70. The molecule has 1 atom stereocenters. The zero-order chi connectivity index (χ0) is 24.2. The van der Waals surface area contributed by atoms with Crippen molar-refractivity contribution in [2.75, 3.05) is 19.7 Å². The molecule has 7 nitrogen and oxygen atoms in total. The van der Waals surface area contributed by atoms with Crippen LogP contribution in [0.4, 0.5) is 0 Å². The van der Waals surface area contributed by atoms with Crippen LogP contribution in [0.3, 0.4) is 0 Å². The predicted molar refractivity (Wildman–Crippen MR) is 130 cm³/mol. The van der Waals surface area contributed by atoms with E-state index in [0.29, 0.717) is 29.5 Å². The average molecular weight is 512 g/mol. The molecule has 33 heavy (non-hydrogen) atoms. The first-order valence-corrected chi connectivity index (χ1v) is 13.0. The Balaban J connectivity index is 1.74. The van der Waals surface area contributed by atoms with Gasteiger partial charge in [0.1, 0.15) is 21.8 Å². The summed E-state index contributed by atoms with van der Waals surface area (Å²) in [4.78, 5) is 10.7. The van der Waals surface area contributed by atoms with Crippen molar-refractivity contribution in [3.8, 4) is 11.5 Å². The number of ether oxygens (including phenoxy) is 2. The quantitative estimate of drug-likeness (QED) is 0.380. The van der Waals surface area contributed by atoms with E-state index in [0.717, 1.165) is 15.6 Å². The van der Waals surface area contributed by atoms with Crippen LogP contribution in [0, 0.1) is 6.92 Å². The molecule has 0 fully saturated rings. The van der Waals surface area contributed by atoms with Crippen LogP contribution >= 0.6 is 22.9 Å². The highest BCUT2D eigenvalue weighted by Gasteiger charge is 2.28. The van der Waals surface area contributed by atoms with Crippen LogP contribution in [0.1, 0.15) is 25.8 Å². The van der Waals surface area contributed by atoms with Crippen LogP contribution in [-0.4, -0.2) is 49.6 Å². The van der Waals surface area contributed by atoms with Gasteiger partial charge in [0.05, 0.1) is 6.54 Å². The molecule has 3 rings (SSSR count). The van der Waals surface area contributed by atoms with Gasteiger partial charge in [-0.3, -0.25) is 0 Å². The third-order valence-electron chi connectivity index (χ3n) is 4.82. The van der Waals surface area contributed by atoms with Gasteiger partial charge in [0.25, 0.3) is 10.0 Å². The highest BCUT2D eigenvalue weighted by molar-refractivity contribution is 7.91. The van der Waals surface area contributed by atoms with Gasteiger partial charge in [-0.2, -0.15) is 4.31 Å². The van der Waals surface area contributed by atoms with Crippen molar-refractivity contribution in [1.82, 2.24) is 4.31 Å². The summed E-state index contributed by atoms with van der Waals surface area (Å²) in [6.45, 7) is 5.65. The fraction of sp³-hybridized carbons (Fsp3) is 0.348. The van der Waals surface area contributed by atoms with E-state index in [1.807, 2.05) is 19.9 Å². The second kappa shape index (κ2) is 10.7. The van der Waals surface area contributed by atoms with Crippen LogP contribution < -0.4 is 9.47 Å². The Kier molecular flexibility index (Phi) is 8.23. The van der Waals surface area contributed by atoms with Gasteiger partial charge >= 0.3 is 5.97 Å². The molecule has 0 saturated heterocycles. The Hall–Kier alpha value is -2.33. The number of rotatable bonds is 11. The summed E-state index contributed by atoms with van der Waals surface area (Å²) in [5.41, 5.74) is 0.725. The summed E-state index contributed by atoms with van der Waals surface area (Å²) >= 11 is 7.27. The summed E-state index contributed by atoms with van der Waals surface area (Å²) < 4.78 is 40.5. The smallest absolute Gasteiger partial charge is 0.341 e. The Bertz CT molecular complexity index is 1240. The number of thiophene rings is 1. The van der Waals surface area contributed by atoms with Crippen molar-refractivity contribution in [2.24, 2.45) is 0 Å². The summed E-state index contributed by atoms with van der Waals surface area (Å²) in [6, 6.07) is 12.0. The molecule has 178 valence electrons. The number of benzene rings is 2.